The average molecular weight is 568 g/mol. The minimum Gasteiger partial charge on any atom is -0.359 e. The Hall–Kier alpha value is -5.49. The Morgan fingerprint density at radius 2 is 1.77 bits per heavy atom. The molecule has 5 rings (SSSR count). The van der Waals surface area contributed by atoms with Crippen molar-refractivity contribution in [1.29, 1.82) is 0 Å². The molecule has 6 heteroatoms. The normalized spacial score (nSPS) is 13.0. The van der Waals surface area contributed by atoms with Crippen LogP contribution in [0, 0.1) is 5.82 Å². The van der Waals surface area contributed by atoms with Gasteiger partial charge in [0.25, 0.3) is 0 Å². The zero-order chi connectivity index (χ0) is 30.3. The summed E-state index contributed by atoms with van der Waals surface area (Å²) in [4.78, 5) is 7.95. The number of allylic oxidation sites excluding steroid dienone is 6. The molecular weight excluding hydrogens is 533 g/mol. The number of H-pyrrole nitrogens is 2. The number of hydrogen-bond donors (Lipinski definition) is 3. The van der Waals surface area contributed by atoms with Gasteiger partial charge in [-0.15, -0.1) is 0 Å². The van der Waals surface area contributed by atoms with E-state index < -0.39 is 0 Å². The van der Waals surface area contributed by atoms with E-state index in [1.165, 1.54) is 11.6 Å². The summed E-state index contributed by atoms with van der Waals surface area (Å²) < 4.78 is 14.7. The van der Waals surface area contributed by atoms with E-state index in [4.69, 9.17) is 0 Å². The van der Waals surface area contributed by atoms with Crippen LogP contribution in [0.1, 0.15) is 19.4 Å². The molecule has 3 N–H and O–H groups in total. The summed E-state index contributed by atoms with van der Waals surface area (Å²) in [7, 11) is 0. The summed E-state index contributed by atoms with van der Waals surface area (Å²) in [6.45, 7) is 16.5. The number of aromatic nitrogens is 4. The number of halogens is 1. The number of hydrogen-bond acceptors (Lipinski definition) is 3. The van der Waals surface area contributed by atoms with Crippen molar-refractivity contribution >= 4 is 23.1 Å². The van der Waals surface area contributed by atoms with Gasteiger partial charge >= 0.3 is 0 Å². The molecule has 0 spiro atoms. The van der Waals surface area contributed by atoms with Crippen molar-refractivity contribution in [3.05, 3.63) is 155 Å². The second-order valence-corrected chi connectivity index (χ2v) is 10.1. The molecule has 0 aliphatic carbocycles. The summed E-state index contributed by atoms with van der Waals surface area (Å²) in [6.07, 6.45) is 12.2. The maximum Gasteiger partial charge on any atom is 0.132 e. The summed E-state index contributed by atoms with van der Waals surface area (Å²) in [5.41, 5.74) is 7.96. The summed E-state index contributed by atoms with van der Waals surface area (Å²) >= 11 is 0. The summed E-state index contributed by atoms with van der Waals surface area (Å²) in [6, 6.07) is 20.7. The van der Waals surface area contributed by atoms with E-state index >= 15 is 0 Å². The molecule has 0 radical (unpaired) electrons. The van der Waals surface area contributed by atoms with E-state index in [9.17, 15) is 4.39 Å². The number of fused-ring (bicyclic) bond motifs is 1. The third-order valence-corrected chi connectivity index (χ3v) is 7.17. The van der Waals surface area contributed by atoms with E-state index in [2.05, 4.69) is 57.4 Å². The number of nitrogens with one attached hydrogen (secondary N) is 3. The highest BCUT2D eigenvalue weighted by molar-refractivity contribution is 5.96. The van der Waals surface area contributed by atoms with Crippen LogP contribution in [0.5, 0.6) is 0 Å². The molecule has 43 heavy (non-hydrogen) atoms. The number of rotatable bonds is 10. The maximum absolute atomic E-state index is 14.7. The minimum absolute atomic E-state index is 0.317. The summed E-state index contributed by atoms with van der Waals surface area (Å²) in [5.74, 6) is -0.317. The molecule has 3 heterocycles. The number of aromatic amines is 2. The van der Waals surface area contributed by atoms with Gasteiger partial charge in [0.2, 0.25) is 0 Å². The van der Waals surface area contributed by atoms with E-state index in [0.29, 0.717) is 17.7 Å². The first kappa shape index (κ1) is 29.0. The molecular formula is C37H34FN5. The highest BCUT2D eigenvalue weighted by Gasteiger charge is 2.15. The molecule has 0 saturated carbocycles. The van der Waals surface area contributed by atoms with Gasteiger partial charge in [0.1, 0.15) is 11.5 Å². The van der Waals surface area contributed by atoms with Gasteiger partial charge in [-0.1, -0.05) is 74.4 Å². The molecule has 0 unspecified atom stereocenters. The van der Waals surface area contributed by atoms with Crippen LogP contribution >= 0.6 is 0 Å². The zero-order valence-corrected chi connectivity index (χ0v) is 24.4. The molecule has 0 fully saturated rings. The Kier molecular flexibility index (Phi) is 8.77. The van der Waals surface area contributed by atoms with Gasteiger partial charge in [-0.25, -0.2) is 4.39 Å². The van der Waals surface area contributed by atoms with Crippen LogP contribution in [0.3, 0.4) is 0 Å². The van der Waals surface area contributed by atoms with Crippen molar-refractivity contribution < 1.29 is 4.39 Å². The van der Waals surface area contributed by atoms with E-state index in [-0.39, 0.29) is 5.82 Å². The van der Waals surface area contributed by atoms with Crippen LogP contribution in [0.25, 0.3) is 45.7 Å². The number of nitrogens with zero attached hydrogens (tertiary/aromatic N) is 2. The van der Waals surface area contributed by atoms with Crippen LogP contribution in [0.2, 0.25) is 0 Å². The minimum atomic E-state index is -0.317. The highest BCUT2D eigenvalue weighted by atomic mass is 19.1. The first-order valence-corrected chi connectivity index (χ1v) is 14.1. The third-order valence-electron chi connectivity index (χ3n) is 7.17. The molecule has 0 amide bonds. The zero-order valence-electron chi connectivity index (χ0n) is 24.4. The van der Waals surface area contributed by atoms with Gasteiger partial charge in [-0.2, -0.15) is 5.10 Å². The lowest BCUT2D eigenvalue weighted by atomic mass is 10.0. The van der Waals surface area contributed by atoms with Crippen molar-refractivity contribution in [3.63, 3.8) is 0 Å². The second-order valence-electron chi connectivity index (χ2n) is 10.1. The maximum atomic E-state index is 14.7. The average Bonchev–Trinajstić information content (AvgIpc) is 3.63. The molecule has 0 saturated heterocycles. The predicted octanol–water partition coefficient (Wildman–Crippen LogP) is 7.26. The largest absolute Gasteiger partial charge is 0.359 e. The predicted molar refractivity (Wildman–Crippen MR) is 177 cm³/mol. The molecule has 5 nitrogen and oxygen atoms in total. The van der Waals surface area contributed by atoms with Crippen LogP contribution in [0.4, 0.5) is 4.39 Å². The molecule has 0 atom stereocenters. The van der Waals surface area contributed by atoms with Crippen LogP contribution in [-0.4, -0.2) is 20.2 Å². The monoisotopic (exact) mass is 567 g/mol. The Balaban J connectivity index is 1.48. The Bertz CT molecular complexity index is 2000. The Morgan fingerprint density at radius 3 is 2.49 bits per heavy atom. The van der Waals surface area contributed by atoms with E-state index in [0.717, 1.165) is 55.4 Å². The second kappa shape index (κ2) is 13.0. The molecule has 214 valence electrons. The van der Waals surface area contributed by atoms with Crippen molar-refractivity contribution in [2.24, 2.45) is 0 Å². The number of pyridine rings is 1. The molecule has 0 aliphatic heterocycles. The van der Waals surface area contributed by atoms with Crippen molar-refractivity contribution in [2.45, 2.75) is 20.3 Å². The molecule has 3 aromatic heterocycles. The Labute approximate surface area is 250 Å². The van der Waals surface area contributed by atoms with E-state index in [1.54, 1.807) is 24.4 Å². The van der Waals surface area contributed by atoms with Crippen LogP contribution in [-0.2, 0) is 6.42 Å². The fourth-order valence-corrected chi connectivity index (χ4v) is 5.01. The standard InChI is InChI=1S/C37H34FN5/c1-6-27(22-28(7-2)40-25(5)21-26-14-10-9-11-15-26)24(4)20-30-33(8-3)42-43-37(30)35-23-31-34(41-35)18-19-39-36(31)29-16-12-13-17-32(29)38/h6-20,22-23,40-42H,2,4-5,21H2,1,3H3/b27-6+,28-22+,30-20+,33-8+. The topological polar surface area (TPSA) is 69.4 Å². The molecule has 0 bridgehead atoms. The number of benzene rings is 2. The quantitative estimate of drug-likeness (QED) is 0.156. The fraction of sp³-hybridized carbons (Fsp3) is 0.0811. The van der Waals surface area contributed by atoms with Crippen molar-refractivity contribution in [2.75, 3.05) is 0 Å². The Morgan fingerprint density at radius 1 is 1.00 bits per heavy atom. The third kappa shape index (κ3) is 6.39. The smallest absolute Gasteiger partial charge is 0.132 e. The lowest BCUT2D eigenvalue weighted by Crippen LogP contribution is -2.23. The molecule has 2 aromatic carbocycles. The molecule has 5 aromatic rings. The highest BCUT2D eigenvalue weighted by Crippen LogP contribution is 2.30. The summed E-state index contributed by atoms with van der Waals surface area (Å²) in [5, 5.41) is 13.7. The van der Waals surface area contributed by atoms with Gasteiger partial charge < -0.3 is 10.3 Å². The lowest BCUT2D eigenvalue weighted by molar-refractivity contribution is 0.631. The molecule has 0 aliphatic rings. The van der Waals surface area contributed by atoms with Crippen molar-refractivity contribution in [3.8, 4) is 22.6 Å². The van der Waals surface area contributed by atoms with Gasteiger partial charge in [-0.3, -0.25) is 10.1 Å². The van der Waals surface area contributed by atoms with Gasteiger partial charge in [-0.05, 0) is 73.1 Å². The van der Waals surface area contributed by atoms with Gasteiger partial charge in [0.15, 0.2) is 0 Å². The first-order valence-electron chi connectivity index (χ1n) is 14.1. The SMILES string of the molecule is C=C/C(=C\C(=C/C)C(=C)/C=c1/c(-c2cc3c(-c4ccccc4F)nccc3[nH]2)n[nH]/c1=C/C)NC(=C)Cc1ccccc1. The van der Waals surface area contributed by atoms with E-state index in [1.807, 2.05) is 74.5 Å². The van der Waals surface area contributed by atoms with Gasteiger partial charge in [0, 0.05) is 45.7 Å². The van der Waals surface area contributed by atoms with Gasteiger partial charge in [0.05, 0.1) is 16.7 Å². The lowest BCUT2D eigenvalue weighted by Gasteiger charge is -2.12. The fourth-order valence-electron chi connectivity index (χ4n) is 5.01. The first-order chi connectivity index (χ1) is 20.9. The van der Waals surface area contributed by atoms with Crippen LogP contribution in [0.15, 0.2) is 133 Å². The van der Waals surface area contributed by atoms with Crippen LogP contribution < -0.4 is 15.9 Å². The van der Waals surface area contributed by atoms with Crippen molar-refractivity contribution in [1.82, 2.24) is 25.5 Å².